The summed E-state index contributed by atoms with van der Waals surface area (Å²) in [4.78, 5) is 26.7. The number of nitrogens with two attached hydrogens (primary N) is 1. The zero-order valence-corrected chi connectivity index (χ0v) is 18.9. The molecule has 2 rings (SSSR count). The first kappa shape index (κ1) is 25.4. The lowest BCUT2D eigenvalue weighted by Gasteiger charge is -2.33. The van der Waals surface area contributed by atoms with Crippen LogP contribution >= 0.6 is 0 Å². The summed E-state index contributed by atoms with van der Waals surface area (Å²) in [6, 6.07) is 18.1. The highest BCUT2D eigenvalue weighted by Gasteiger charge is 2.46. The molecular weight excluding hydrogens is 404 g/mol. The summed E-state index contributed by atoms with van der Waals surface area (Å²) < 4.78 is 0. The summed E-state index contributed by atoms with van der Waals surface area (Å²) in [6.07, 6.45) is 4.98. The number of carbonyl (C=O) groups excluding carboxylic acids is 2. The van der Waals surface area contributed by atoms with Crippen molar-refractivity contribution in [3.63, 3.8) is 0 Å². The van der Waals surface area contributed by atoms with Crippen LogP contribution in [0.4, 0.5) is 11.4 Å². The van der Waals surface area contributed by atoms with Crippen LogP contribution in [0.3, 0.4) is 0 Å². The standard InChI is InChI=1S/C25H36N4O3/c1-2-3-18-25(32,23(30)27-20-13-5-4-12-19-26)24(31)29(22-16-10-7-11-17-22)28-21-14-8-6-9-15-21/h6-11,14-17,28,32H,2-5,12-13,18-20,26H2,1H3,(H,27,30). The molecular formula is C25H36N4O3. The number of benzene rings is 2. The Bertz CT molecular complexity index is 816. The molecule has 7 nitrogen and oxygen atoms in total. The Morgan fingerprint density at radius 2 is 1.56 bits per heavy atom. The number of nitrogens with one attached hydrogen (secondary N) is 2. The SMILES string of the molecule is CCCCC(O)(C(=O)NCCCCCCN)C(=O)N(Nc1ccccc1)c1ccccc1. The minimum atomic E-state index is -2.18. The molecule has 7 heteroatoms. The van der Waals surface area contributed by atoms with Crippen LogP contribution in [0.2, 0.25) is 0 Å². The van der Waals surface area contributed by atoms with E-state index in [1.165, 1.54) is 5.01 Å². The normalized spacial score (nSPS) is 12.6. The largest absolute Gasteiger partial charge is 0.372 e. The quantitative estimate of drug-likeness (QED) is 0.204. The maximum Gasteiger partial charge on any atom is 0.287 e. The van der Waals surface area contributed by atoms with Crippen LogP contribution in [0.5, 0.6) is 0 Å². The predicted octanol–water partition coefficient (Wildman–Crippen LogP) is 3.60. The lowest BCUT2D eigenvalue weighted by molar-refractivity contribution is -0.152. The van der Waals surface area contributed by atoms with Crippen molar-refractivity contribution in [2.45, 2.75) is 57.5 Å². The van der Waals surface area contributed by atoms with Gasteiger partial charge in [-0.25, -0.2) is 5.01 Å². The summed E-state index contributed by atoms with van der Waals surface area (Å²) in [5, 5.41) is 15.4. The van der Waals surface area contributed by atoms with Gasteiger partial charge in [-0.1, -0.05) is 62.6 Å². The number of para-hydroxylation sites is 2. The molecule has 2 amide bonds. The first-order valence-corrected chi connectivity index (χ1v) is 11.4. The van der Waals surface area contributed by atoms with Crippen molar-refractivity contribution >= 4 is 23.2 Å². The molecule has 0 aliphatic rings. The second kappa shape index (κ2) is 13.5. The van der Waals surface area contributed by atoms with E-state index in [-0.39, 0.29) is 6.42 Å². The van der Waals surface area contributed by atoms with Crippen molar-refractivity contribution in [3.8, 4) is 0 Å². The molecule has 0 spiro atoms. The maximum atomic E-state index is 13.6. The molecule has 2 aromatic rings. The van der Waals surface area contributed by atoms with Gasteiger partial charge in [0.25, 0.3) is 11.8 Å². The molecule has 0 saturated carbocycles. The topological polar surface area (TPSA) is 108 Å². The molecule has 0 bridgehead atoms. The zero-order chi connectivity index (χ0) is 23.2. The highest BCUT2D eigenvalue weighted by molar-refractivity contribution is 6.15. The van der Waals surface area contributed by atoms with Gasteiger partial charge in [0.1, 0.15) is 0 Å². The van der Waals surface area contributed by atoms with Gasteiger partial charge in [0.15, 0.2) is 0 Å². The van der Waals surface area contributed by atoms with Crippen LogP contribution in [0.25, 0.3) is 0 Å². The van der Waals surface area contributed by atoms with E-state index < -0.39 is 17.4 Å². The van der Waals surface area contributed by atoms with Gasteiger partial charge in [0.2, 0.25) is 5.60 Å². The van der Waals surface area contributed by atoms with E-state index in [0.717, 1.165) is 32.1 Å². The van der Waals surface area contributed by atoms with E-state index in [4.69, 9.17) is 5.73 Å². The molecule has 32 heavy (non-hydrogen) atoms. The number of hydrogen-bond acceptors (Lipinski definition) is 5. The van der Waals surface area contributed by atoms with Crippen molar-refractivity contribution < 1.29 is 14.7 Å². The third kappa shape index (κ3) is 7.35. The van der Waals surface area contributed by atoms with E-state index in [1.54, 1.807) is 24.3 Å². The van der Waals surface area contributed by atoms with Gasteiger partial charge in [-0.2, -0.15) is 0 Å². The van der Waals surface area contributed by atoms with Gasteiger partial charge in [-0.3, -0.25) is 15.0 Å². The highest BCUT2D eigenvalue weighted by atomic mass is 16.3. The van der Waals surface area contributed by atoms with E-state index >= 15 is 0 Å². The molecule has 5 N–H and O–H groups in total. The van der Waals surface area contributed by atoms with Gasteiger partial charge in [0.05, 0.1) is 11.4 Å². The molecule has 2 aromatic carbocycles. The lowest BCUT2D eigenvalue weighted by Crippen LogP contribution is -2.59. The van der Waals surface area contributed by atoms with Gasteiger partial charge < -0.3 is 16.2 Å². The third-order valence-electron chi connectivity index (χ3n) is 5.27. The van der Waals surface area contributed by atoms with Crippen molar-refractivity contribution in [1.82, 2.24) is 5.32 Å². The lowest BCUT2D eigenvalue weighted by atomic mass is 9.93. The molecule has 0 aliphatic carbocycles. The first-order valence-electron chi connectivity index (χ1n) is 11.4. The average molecular weight is 441 g/mol. The second-order valence-corrected chi connectivity index (χ2v) is 7.88. The second-order valence-electron chi connectivity index (χ2n) is 7.88. The Morgan fingerprint density at radius 3 is 2.19 bits per heavy atom. The van der Waals surface area contributed by atoms with Crippen LogP contribution in [0, 0.1) is 0 Å². The average Bonchev–Trinajstić information content (AvgIpc) is 2.83. The highest BCUT2D eigenvalue weighted by Crippen LogP contribution is 2.24. The number of unbranched alkanes of at least 4 members (excludes halogenated alkanes) is 4. The number of carbonyl (C=O) groups is 2. The minimum Gasteiger partial charge on any atom is -0.372 e. The number of aliphatic hydroxyl groups is 1. The van der Waals surface area contributed by atoms with Crippen molar-refractivity contribution in [3.05, 3.63) is 60.7 Å². The molecule has 0 fully saturated rings. The van der Waals surface area contributed by atoms with Crippen molar-refractivity contribution in [2.24, 2.45) is 5.73 Å². The number of hydrazine groups is 1. The number of anilines is 2. The molecule has 0 radical (unpaired) electrons. The summed E-state index contributed by atoms with van der Waals surface area (Å²) in [5.41, 5.74) is 7.59. The van der Waals surface area contributed by atoms with Crippen molar-refractivity contribution in [1.29, 1.82) is 0 Å². The summed E-state index contributed by atoms with van der Waals surface area (Å²) in [7, 11) is 0. The molecule has 1 atom stereocenters. The monoisotopic (exact) mass is 440 g/mol. The zero-order valence-electron chi connectivity index (χ0n) is 18.9. The smallest absolute Gasteiger partial charge is 0.287 e. The van der Waals surface area contributed by atoms with Crippen LogP contribution < -0.4 is 21.5 Å². The van der Waals surface area contributed by atoms with Gasteiger partial charge in [-0.15, -0.1) is 0 Å². The number of hydrogen-bond donors (Lipinski definition) is 4. The fourth-order valence-electron chi connectivity index (χ4n) is 3.36. The maximum absolute atomic E-state index is 13.6. The number of rotatable bonds is 14. The summed E-state index contributed by atoms with van der Waals surface area (Å²) in [5.74, 6) is -1.37. The van der Waals surface area contributed by atoms with E-state index in [1.807, 2.05) is 43.3 Å². The minimum absolute atomic E-state index is 0.0428. The fourth-order valence-corrected chi connectivity index (χ4v) is 3.36. The Hall–Kier alpha value is -2.90. The van der Waals surface area contributed by atoms with Gasteiger partial charge >= 0.3 is 0 Å². The van der Waals surface area contributed by atoms with Crippen LogP contribution in [0.1, 0.15) is 51.9 Å². The van der Waals surface area contributed by atoms with Gasteiger partial charge in [-0.05, 0) is 56.5 Å². The van der Waals surface area contributed by atoms with Crippen LogP contribution in [-0.2, 0) is 9.59 Å². The Labute approximate surface area is 191 Å². The Balaban J connectivity index is 2.22. The molecule has 0 aliphatic heterocycles. The summed E-state index contributed by atoms with van der Waals surface area (Å²) >= 11 is 0. The van der Waals surface area contributed by atoms with Crippen LogP contribution in [0.15, 0.2) is 60.7 Å². The van der Waals surface area contributed by atoms with Crippen LogP contribution in [-0.4, -0.2) is 35.6 Å². The number of nitrogens with zero attached hydrogens (tertiary/aromatic N) is 1. The predicted molar refractivity (Wildman–Crippen MR) is 129 cm³/mol. The first-order chi connectivity index (χ1) is 15.5. The number of amides is 2. The third-order valence-corrected chi connectivity index (χ3v) is 5.27. The van der Waals surface area contributed by atoms with E-state index in [2.05, 4.69) is 10.7 Å². The van der Waals surface area contributed by atoms with E-state index in [0.29, 0.717) is 30.9 Å². The molecule has 174 valence electrons. The Kier molecular flexibility index (Phi) is 10.7. The molecule has 1 unspecified atom stereocenters. The molecule has 0 heterocycles. The Morgan fingerprint density at radius 1 is 0.938 bits per heavy atom. The molecule has 0 saturated heterocycles. The fraction of sp³-hybridized carbons (Fsp3) is 0.440. The van der Waals surface area contributed by atoms with E-state index in [9.17, 15) is 14.7 Å². The van der Waals surface area contributed by atoms with Crippen molar-refractivity contribution in [2.75, 3.05) is 23.5 Å². The summed E-state index contributed by atoms with van der Waals surface area (Å²) in [6.45, 7) is 3.02. The van der Waals surface area contributed by atoms with Gasteiger partial charge in [0, 0.05) is 6.54 Å². The molecule has 0 aromatic heterocycles.